The van der Waals surface area contributed by atoms with Crippen molar-refractivity contribution in [2.75, 3.05) is 57.9 Å². The van der Waals surface area contributed by atoms with Gasteiger partial charge in [0.25, 0.3) is 0 Å². The third-order valence-electron chi connectivity index (χ3n) is 3.81. The van der Waals surface area contributed by atoms with E-state index in [-0.39, 0.29) is 24.0 Å². The molecule has 1 N–H and O–H groups in total. The summed E-state index contributed by atoms with van der Waals surface area (Å²) in [5.41, 5.74) is 0. The molecule has 0 radical (unpaired) electrons. The number of rotatable bonds is 7. The largest absolute Gasteiger partial charge is 0.381 e. The Morgan fingerprint density at radius 3 is 2.67 bits per heavy atom. The molecule has 24 heavy (non-hydrogen) atoms. The molecule has 138 valence electrons. The third-order valence-corrected chi connectivity index (χ3v) is 4.74. The number of nitrogens with zero attached hydrogens (tertiary/aromatic N) is 3. The summed E-state index contributed by atoms with van der Waals surface area (Å²) >= 11 is 1.82. The summed E-state index contributed by atoms with van der Waals surface area (Å²) in [6.45, 7) is 11.1. The first-order valence-corrected chi connectivity index (χ1v) is 9.40. The van der Waals surface area contributed by atoms with Crippen molar-refractivity contribution in [1.82, 2.24) is 10.2 Å². The van der Waals surface area contributed by atoms with Gasteiger partial charge < -0.3 is 19.9 Å². The molecule has 0 atom stereocenters. The highest BCUT2D eigenvalue weighted by molar-refractivity contribution is 14.0. The third kappa shape index (κ3) is 7.14. The van der Waals surface area contributed by atoms with Crippen LogP contribution in [0.25, 0.3) is 0 Å². The van der Waals surface area contributed by atoms with Gasteiger partial charge in [-0.25, -0.2) is 0 Å². The van der Waals surface area contributed by atoms with Crippen molar-refractivity contribution >= 4 is 46.3 Å². The van der Waals surface area contributed by atoms with Gasteiger partial charge in [0.2, 0.25) is 0 Å². The number of nitrogens with one attached hydrogen (secondary N) is 1. The Labute approximate surface area is 167 Å². The number of guanidine groups is 1. The lowest BCUT2D eigenvalue weighted by atomic mass is 10.2. The Morgan fingerprint density at radius 1 is 1.33 bits per heavy atom. The summed E-state index contributed by atoms with van der Waals surface area (Å²) in [6, 6.07) is 4.32. The summed E-state index contributed by atoms with van der Waals surface area (Å²) < 4.78 is 5.61. The van der Waals surface area contributed by atoms with Gasteiger partial charge in [0.1, 0.15) is 0 Å². The van der Waals surface area contributed by atoms with Gasteiger partial charge in [-0.1, -0.05) is 13.8 Å². The molecule has 0 aliphatic carbocycles. The number of ether oxygens (including phenoxy) is 1. The van der Waals surface area contributed by atoms with Crippen LogP contribution in [-0.2, 0) is 4.74 Å². The van der Waals surface area contributed by atoms with E-state index in [2.05, 4.69) is 51.5 Å². The molecule has 1 aliphatic rings. The Bertz CT molecular complexity index is 459. The molecule has 1 aromatic rings. The van der Waals surface area contributed by atoms with Crippen LogP contribution in [0.3, 0.4) is 0 Å². The average Bonchev–Trinajstić information content (AvgIpc) is 3.09. The first kappa shape index (κ1) is 21.5. The number of anilines is 1. The molecule has 1 aliphatic heterocycles. The van der Waals surface area contributed by atoms with Crippen LogP contribution in [0.15, 0.2) is 22.5 Å². The molecule has 1 aromatic heterocycles. The Morgan fingerprint density at radius 2 is 2.08 bits per heavy atom. The van der Waals surface area contributed by atoms with Crippen LogP contribution in [0.2, 0.25) is 0 Å². The molecule has 0 unspecified atom stereocenters. The van der Waals surface area contributed by atoms with Crippen LogP contribution < -0.4 is 10.2 Å². The minimum absolute atomic E-state index is 0. The van der Waals surface area contributed by atoms with E-state index in [0.29, 0.717) is 5.92 Å². The molecule has 0 aromatic carbocycles. The van der Waals surface area contributed by atoms with Gasteiger partial charge >= 0.3 is 0 Å². The molecule has 2 heterocycles. The highest BCUT2D eigenvalue weighted by Crippen LogP contribution is 2.22. The fourth-order valence-corrected chi connectivity index (χ4v) is 3.40. The predicted octanol–water partition coefficient (Wildman–Crippen LogP) is 3.13. The summed E-state index contributed by atoms with van der Waals surface area (Å²) in [7, 11) is 1.86. The van der Waals surface area contributed by atoms with E-state index in [1.807, 2.05) is 18.4 Å². The first-order valence-electron chi connectivity index (χ1n) is 8.52. The van der Waals surface area contributed by atoms with Gasteiger partial charge in [0.15, 0.2) is 5.96 Å². The van der Waals surface area contributed by atoms with Gasteiger partial charge in [-0.15, -0.1) is 35.3 Å². The molecule has 0 bridgehead atoms. The second-order valence-corrected chi connectivity index (χ2v) is 7.15. The Hall–Kier alpha value is -0.540. The predicted molar refractivity (Wildman–Crippen MR) is 115 cm³/mol. The highest BCUT2D eigenvalue weighted by Gasteiger charge is 2.19. The lowest BCUT2D eigenvalue weighted by Crippen LogP contribution is -2.52. The van der Waals surface area contributed by atoms with Gasteiger partial charge in [0.05, 0.1) is 5.00 Å². The zero-order chi connectivity index (χ0) is 16.5. The summed E-state index contributed by atoms with van der Waals surface area (Å²) in [6.07, 6.45) is 1.01. The zero-order valence-corrected chi connectivity index (χ0v) is 18.2. The molecule has 2 rings (SSSR count). The van der Waals surface area contributed by atoms with E-state index in [1.165, 1.54) is 5.00 Å². The average molecular weight is 466 g/mol. The van der Waals surface area contributed by atoms with Crippen molar-refractivity contribution in [2.45, 2.75) is 20.3 Å². The monoisotopic (exact) mass is 466 g/mol. The number of halogens is 1. The second kappa shape index (κ2) is 11.9. The number of piperazine rings is 1. The van der Waals surface area contributed by atoms with E-state index in [0.717, 1.165) is 58.3 Å². The molecule has 0 spiro atoms. The van der Waals surface area contributed by atoms with Gasteiger partial charge in [0, 0.05) is 53.0 Å². The molecule has 7 heteroatoms. The Kier molecular flexibility index (Phi) is 10.7. The smallest absolute Gasteiger partial charge is 0.193 e. The summed E-state index contributed by atoms with van der Waals surface area (Å²) in [5, 5.41) is 6.97. The molecule has 0 amide bonds. The van der Waals surface area contributed by atoms with Crippen molar-refractivity contribution in [3.63, 3.8) is 0 Å². The first-order chi connectivity index (χ1) is 11.2. The van der Waals surface area contributed by atoms with E-state index >= 15 is 0 Å². The van der Waals surface area contributed by atoms with E-state index in [9.17, 15) is 0 Å². The quantitative estimate of drug-likeness (QED) is 0.290. The minimum atomic E-state index is 0. The fraction of sp³-hybridized carbons (Fsp3) is 0.706. The number of thiophene rings is 1. The molecule has 0 saturated carbocycles. The maximum absolute atomic E-state index is 5.61. The van der Waals surface area contributed by atoms with E-state index < -0.39 is 0 Å². The number of hydrogen-bond acceptors (Lipinski definition) is 4. The Balaban J connectivity index is 0.00000288. The molecular formula is C17H31IN4OS. The van der Waals surface area contributed by atoms with E-state index in [4.69, 9.17) is 4.74 Å². The lowest BCUT2D eigenvalue weighted by molar-refractivity contribution is 0.108. The molecule has 5 nitrogen and oxygen atoms in total. The zero-order valence-electron chi connectivity index (χ0n) is 15.0. The van der Waals surface area contributed by atoms with Crippen molar-refractivity contribution in [3.05, 3.63) is 17.5 Å². The summed E-state index contributed by atoms with van der Waals surface area (Å²) in [5.74, 6) is 1.62. The molecular weight excluding hydrogens is 435 g/mol. The van der Waals surface area contributed by atoms with Crippen molar-refractivity contribution in [1.29, 1.82) is 0 Å². The van der Waals surface area contributed by atoms with Crippen LogP contribution in [0, 0.1) is 5.92 Å². The maximum Gasteiger partial charge on any atom is 0.193 e. The van der Waals surface area contributed by atoms with Crippen molar-refractivity contribution < 1.29 is 4.74 Å². The topological polar surface area (TPSA) is 40.1 Å². The lowest BCUT2D eigenvalue weighted by Gasteiger charge is -2.37. The maximum atomic E-state index is 5.61. The van der Waals surface area contributed by atoms with E-state index in [1.54, 1.807) is 0 Å². The second-order valence-electron chi connectivity index (χ2n) is 6.22. The molecule has 1 saturated heterocycles. The highest BCUT2D eigenvalue weighted by atomic mass is 127. The van der Waals surface area contributed by atoms with Crippen molar-refractivity contribution in [2.24, 2.45) is 10.9 Å². The fourth-order valence-electron chi connectivity index (χ4n) is 2.61. The SMILES string of the molecule is CN=C(NCCCOCC(C)C)N1CCN(c2cccs2)CC1.I. The van der Waals surface area contributed by atoms with Crippen LogP contribution in [0.1, 0.15) is 20.3 Å². The van der Waals surface area contributed by atoms with Crippen LogP contribution in [-0.4, -0.2) is 63.8 Å². The summed E-state index contributed by atoms with van der Waals surface area (Å²) in [4.78, 5) is 9.22. The number of aliphatic imine (C=N–C) groups is 1. The van der Waals surface area contributed by atoms with Crippen LogP contribution in [0.4, 0.5) is 5.00 Å². The number of hydrogen-bond donors (Lipinski definition) is 1. The van der Waals surface area contributed by atoms with Gasteiger partial charge in [-0.3, -0.25) is 4.99 Å². The van der Waals surface area contributed by atoms with Crippen molar-refractivity contribution in [3.8, 4) is 0 Å². The standard InChI is InChI=1S/C17H30N4OS.HI/c1-15(2)14-22-12-5-7-19-17(18-3)21-10-8-20(9-11-21)16-6-4-13-23-16;/h4,6,13,15H,5,7-12,14H2,1-3H3,(H,18,19);1H. The molecule has 1 fully saturated rings. The van der Waals surface area contributed by atoms with Gasteiger partial charge in [-0.05, 0) is 29.9 Å². The van der Waals surface area contributed by atoms with Crippen LogP contribution in [0.5, 0.6) is 0 Å². The normalized spacial score (nSPS) is 15.6. The minimum Gasteiger partial charge on any atom is -0.381 e. The van der Waals surface area contributed by atoms with Crippen LogP contribution >= 0.6 is 35.3 Å². The van der Waals surface area contributed by atoms with Gasteiger partial charge in [-0.2, -0.15) is 0 Å².